The minimum absolute atomic E-state index is 0.0955. The van der Waals surface area contributed by atoms with Crippen molar-refractivity contribution >= 4 is 50.2 Å². The van der Waals surface area contributed by atoms with Gasteiger partial charge in [0.1, 0.15) is 12.2 Å². The number of benzene rings is 1. The lowest BCUT2D eigenvalue weighted by atomic mass is 9.92. The van der Waals surface area contributed by atoms with E-state index in [4.69, 9.17) is 32.7 Å². The molecule has 1 fully saturated rings. The van der Waals surface area contributed by atoms with E-state index in [1.807, 2.05) is 0 Å². The zero-order chi connectivity index (χ0) is 14.3. The van der Waals surface area contributed by atoms with E-state index in [2.05, 4.69) is 4.98 Å². The highest BCUT2D eigenvalue weighted by Crippen LogP contribution is 2.34. The van der Waals surface area contributed by atoms with Gasteiger partial charge in [0.05, 0.1) is 10.2 Å². The highest BCUT2D eigenvalue weighted by Gasteiger charge is 2.36. The normalized spacial score (nSPS) is 21.6. The lowest BCUT2D eigenvalue weighted by Gasteiger charge is -2.35. The molecule has 4 nitrogen and oxygen atoms in total. The summed E-state index contributed by atoms with van der Waals surface area (Å²) in [6.45, 7) is 0. The van der Waals surface area contributed by atoms with Crippen LogP contribution in [0.1, 0.15) is 12.8 Å². The quantitative estimate of drug-likeness (QED) is 0.781. The summed E-state index contributed by atoms with van der Waals surface area (Å²) in [5.41, 5.74) is -0.393. The average molecular weight is 336 g/mol. The first kappa shape index (κ1) is 13.9. The zero-order valence-corrected chi connectivity index (χ0v) is 12.3. The summed E-state index contributed by atoms with van der Waals surface area (Å²) < 4.78 is 25.4. The zero-order valence-electron chi connectivity index (χ0n) is 9.94. The Labute approximate surface area is 127 Å². The third-order valence-corrected chi connectivity index (χ3v) is 4.30. The molecule has 20 heavy (non-hydrogen) atoms. The molecule has 0 spiro atoms. The summed E-state index contributed by atoms with van der Waals surface area (Å²) in [7, 11) is 0. The van der Waals surface area contributed by atoms with Gasteiger partial charge in [-0.2, -0.15) is 0 Å². The molecule has 2 aromatic rings. The Morgan fingerprint density at radius 3 is 2.80 bits per heavy atom. The number of nitrogens with zero attached hydrogens (tertiary/aromatic N) is 1. The number of rotatable bonds is 3. The van der Waals surface area contributed by atoms with Crippen LogP contribution in [0.2, 0.25) is 4.47 Å². The number of ether oxygens (including phenoxy) is 2. The molecule has 0 unspecified atom stereocenters. The Morgan fingerprint density at radius 2 is 2.15 bits per heavy atom. The average Bonchev–Trinajstić information content (AvgIpc) is 2.70. The van der Waals surface area contributed by atoms with Gasteiger partial charge >= 0.3 is 5.43 Å². The van der Waals surface area contributed by atoms with E-state index in [1.54, 1.807) is 6.07 Å². The van der Waals surface area contributed by atoms with Gasteiger partial charge in [-0.25, -0.2) is 14.2 Å². The fourth-order valence-electron chi connectivity index (χ4n) is 1.98. The Kier molecular flexibility index (Phi) is 3.70. The maximum Gasteiger partial charge on any atom is 0.404 e. The first-order valence-electron chi connectivity index (χ1n) is 5.81. The molecule has 8 heteroatoms. The van der Waals surface area contributed by atoms with Crippen LogP contribution in [0.15, 0.2) is 12.1 Å². The van der Waals surface area contributed by atoms with Crippen LogP contribution in [0.5, 0.6) is 5.75 Å². The first-order valence-corrected chi connectivity index (χ1v) is 7.38. The van der Waals surface area contributed by atoms with Crippen LogP contribution in [-0.4, -0.2) is 22.6 Å². The van der Waals surface area contributed by atoms with Crippen molar-refractivity contribution in [2.75, 3.05) is 0 Å². The Balaban J connectivity index is 1.80. The molecule has 1 saturated carbocycles. The van der Waals surface area contributed by atoms with Crippen LogP contribution in [-0.2, 0) is 4.74 Å². The van der Waals surface area contributed by atoms with E-state index in [0.717, 1.165) is 4.70 Å². The second-order valence-electron chi connectivity index (χ2n) is 4.34. The first-order chi connectivity index (χ1) is 9.52. The Hall–Kier alpha value is -1.11. The van der Waals surface area contributed by atoms with E-state index in [9.17, 15) is 9.18 Å². The largest absolute Gasteiger partial charge is 0.483 e. The maximum absolute atomic E-state index is 13.9. The molecule has 0 aliphatic heterocycles. The third kappa shape index (κ3) is 2.68. The number of fused-ring (bicyclic) bond motifs is 1. The van der Waals surface area contributed by atoms with Crippen LogP contribution in [0.4, 0.5) is 9.18 Å². The van der Waals surface area contributed by atoms with Crippen molar-refractivity contribution in [3.8, 4) is 5.75 Å². The monoisotopic (exact) mass is 335 g/mol. The van der Waals surface area contributed by atoms with Crippen LogP contribution in [0, 0.1) is 5.82 Å². The maximum atomic E-state index is 13.9. The highest BCUT2D eigenvalue weighted by atomic mass is 35.5. The van der Waals surface area contributed by atoms with Gasteiger partial charge in [0.15, 0.2) is 16.0 Å². The van der Waals surface area contributed by atoms with E-state index < -0.39 is 17.3 Å². The standard InChI is InChI=1S/C12H8Cl2FNO3S/c13-11-16-6-3-5(15)9(4-10(6)20-11)18-7-1-2-8(7)19-12(14)17/h3-4,7-8H,1-2H2/t7-,8+/m1/s1. The number of aromatic nitrogens is 1. The topological polar surface area (TPSA) is 48.4 Å². The number of halogens is 3. The van der Waals surface area contributed by atoms with E-state index in [1.165, 1.54) is 17.4 Å². The molecule has 106 valence electrons. The van der Waals surface area contributed by atoms with E-state index in [-0.39, 0.29) is 11.9 Å². The summed E-state index contributed by atoms with van der Waals surface area (Å²) in [6.07, 6.45) is 0.517. The molecule has 1 aliphatic carbocycles. The van der Waals surface area contributed by atoms with Gasteiger partial charge in [-0.1, -0.05) is 11.6 Å². The summed E-state index contributed by atoms with van der Waals surface area (Å²) in [6, 6.07) is 2.82. The van der Waals surface area contributed by atoms with Crippen molar-refractivity contribution in [2.45, 2.75) is 25.0 Å². The Morgan fingerprint density at radius 1 is 1.40 bits per heavy atom. The van der Waals surface area contributed by atoms with E-state index >= 15 is 0 Å². The van der Waals surface area contributed by atoms with Gasteiger partial charge < -0.3 is 9.47 Å². The van der Waals surface area contributed by atoms with Crippen LogP contribution >= 0.6 is 34.5 Å². The molecule has 1 aromatic carbocycles. The Bertz CT molecular complexity index is 678. The SMILES string of the molecule is O=C(Cl)O[C@H]1CC[C@H]1Oc1cc2sc(Cl)nc2cc1F. The molecule has 1 aliphatic rings. The number of carbonyl (C=O) groups is 1. The number of hydrogen-bond donors (Lipinski definition) is 0. The van der Waals surface area contributed by atoms with Gasteiger partial charge in [-0.15, -0.1) is 11.3 Å². The second-order valence-corrected chi connectivity index (χ2v) is 6.27. The molecular weight excluding hydrogens is 328 g/mol. The lowest BCUT2D eigenvalue weighted by molar-refractivity contribution is -0.0396. The molecule has 0 N–H and O–H groups in total. The predicted molar refractivity (Wildman–Crippen MR) is 74.4 cm³/mol. The summed E-state index contributed by atoms with van der Waals surface area (Å²) >= 11 is 12.2. The fraction of sp³-hybridized carbons (Fsp3) is 0.333. The number of hydrogen-bond acceptors (Lipinski definition) is 5. The fourth-order valence-corrected chi connectivity index (χ4v) is 3.14. The number of carbonyl (C=O) groups excluding carboxylic acids is 1. The molecule has 2 atom stereocenters. The summed E-state index contributed by atoms with van der Waals surface area (Å²) in [4.78, 5) is 14.7. The van der Waals surface area contributed by atoms with Crippen molar-refractivity contribution in [1.29, 1.82) is 0 Å². The lowest BCUT2D eigenvalue weighted by Crippen LogP contribution is -2.44. The minimum atomic E-state index is -0.881. The van der Waals surface area contributed by atoms with Crippen molar-refractivity contribution in [3.63, 3.8) is 0 Å². The van der Waals surface area contributed by atoms with Crippen LogP contribution < -0.4 is 4.74 Å². The second kappa shape index (κ2) is 5.35. The molecule has 0 saturated heterocycles. The van der Waals surface area contributed by atoms with Crippen LogP contribution in [0.3, 0.4) is 0 Å². The summed E-state index contributed by atoms with van der Waals surface area (Å²) in [5, 5.41) is 0. The third-order valence-electron chi connectivity index (χ3n) is 3.09. The molecular formula is C12H8Cl2FNO3S. The van der Waals surface area contributed by atoms with Crippen molar-refractivity contribution in [3.05, 3.63) is 22.4 Å². The molecule has 1 aromatic heterocycles. The summed E-state index contributed by atoms with van der Waals surface area (Å²) in [5.74, 6) is -0.430. The predicted octanol–water partition coefficient (Wildman–Crippen LogP) is 4.37. The molecule has 0 radical (unpaired) electrons. The molecule has 1 heterocycles. The smallest absolute Gasteiger partial charge is 0.404 e. The molecule has 0 amide bonds. The number of thiazole rings is 1. The van der Waals surface area contributed by atoms with Crippen molar-refractivity contribution in [1.82, 2.24) is 4.98 Å². The van der Waals surface area contributed by atoms with Crippen molar-refractivity contribution in [2.24, 2.45) is 0 Å². The minimum Gasteiger partial charge on any atom is -0.483 e. The van der Waals surface area contributed by atoms with Gasteiger partial charge in [0, 0.05) is 23.7 Å². The van der Waals surface area contributed by atoms with Crippen LogP contribution in [0.25, 0.3) is 10.2 Å². The van der Waals surface area contributed by atoms with Gasteiger partial charge in [-0.05, 0) is 12.8 Å². The van der Waals surface area contributed by atoms with Gasteiger partial charge in [-0.3, -0.25) is 0 Å². The molecule has 0 bridgehead atoms. The van der Waals surface area contributed by atoms with E-state index in [0.29, 0.717) is 22.8 Å². The highest BCUT2D eigenvalue weighted by molar-refractivity contribution is 7.22. The van der Waals surface area contributed by atoms with Crippen molar-refractivity contribution < 1.29 is 18.7 Å². The van der Waals surface area contributed by atoms with Gasteiger partial charge in [0.2, 0.25) is 0 Å². The molecule has 3 rings (SSSR count). The van der Waals surface area contributed by atoms with Gasteiger partial charge in [0.25, 0.3) is 0 Å².